The van der Waals surface area contributed by atoms with Gasteiger partial charge in [0.25, 0.3) is 0 Å². The average Bonchev–Trinajstić information content (AvgIpc) is 3.68. The Balaban J connectivity index is 1.51. The monoisotopic (exact) mass is 774 g/mol. The van der Waals surface area contributed by atoms with Crippen LogP contribution >= 0.6 is 0 Å². The first-order chi connectivity index (χ1) is 29.4. The average molecular weight is 772 g/mol. The van der Waals surface area contributed by atoms with Gasteiger partial charge in [0.15, 0.2) is 0 Å². The lowest BCUT2D eigenvalue weighted by atomic mass is 9.58. The van der Waals surface area contributed by atoms with Crippen molar-refractivity contribution in [2.75, 3.05) is 0 Å². The molecule has 0 bridgehead atoms. The van der Waals surface area contributed by atoms with Crippen LogP contribution in [0.4, 0.5) is 0 Å². The highest BCUT2D eigenvalue weighted by molar-refractivity contribution is 6.74. The van der Waals surface area contributed by atoms with E-state index in [2.05, 4.69) is 188 Å². The van der Waals surface area contributed by atoms with E-state index in [1.807, 2.05) is 0 Å². The third-order valence-corrected chi connectivity index (χ3v) is 16.8. The van der Waals surface area contributed by atoms with Crippen molar-refractivity contribution in [2.45, 2.75) is 0 Å². The summed E-state index contributed by atoms with van der Waals surface area (Å²) < 4.78 is 7.30. The molecule has 1 nitrogen and oxygen atoms in total. The Morgan fingerprint density at radius 1 is 0.258 bits per heavy atom. The van der Waals surface area contributed by atoms with Crippen molar-refractivity contribution < 1.29 is 4.42 Å². The molecule has 0 N–H and O–H groups in total. The summed E-state index contributed by atoms with van der Waals surface area (Å²) in [5.41, 5.74) is 30.4. The van der Waals surface area contributed by atoms with Crippen molar-refractivity contribution in [3.63, 3.8) is 0 Å². The van der Waals surface area contributed by atoms with E-state index in [4.69, 9.17) is 4.42 Å². The Hall–Kier alpha value is -4.82. The molecule has 0 radical (unpaired) electrons. The van der Waals surface area contributed by atoms with Crippen LogP contribution in [-0.4, -0.2) is 133 Å². The topological polar surface area (TPSA) is 13.1 Å². The first-order valence-corrected chi connectivity index (χ1v) is 22.6. The molecule has 0 saturated carbocycles. The van der Waals surface area contributed by atoms with E-state index in [9.17, 15) is 0 Å². The van der Waals surface area contributed by atoms with E-state index in [-0.39, 0.29) is 0 Å². The minimum absolute atomic E-state index is 1.02. The van der Waals surface area contributed by atoms with E-state index >= 15 is 0 Å². The summed E-state index contributed by atoms with van der Waals surface area (Å²) in [5, 5.41) is 15.8. The lowest BCUT2D eigenvalue weighted by molar-refractivity contribution is 0.676. The second kappa shape index (κ2) is 14.1. The zero-order chi connectivity index (χ0) is 44.3. The molecule has 18 heteroatoms. The molecule has 0 atom stereocenters. The maximum absolute atomic E-state index is 7.30. The van der Waals surface area contributed by atoms with Gasteiger partial charge in [0.1, 0.15) is 145 Å². The van der Waals surface area contributed by atoms with Crippen molar-refractivity contribution in [1.82, 2.24) is 0 Å². The molecule has 0 amide bonds. The van der Waals surface area contributed by atoms with Crippen molar-refractivity contribution in [2.24, 2.45) is 0 Å². The molecule has 0 aliphatic rings. The van der Waals surface area contributed by atoms with Crippen molar-refractivity contribution >= 4 is 302 Å². The van der Waals surface area contributed by atoms with Crippen LogP contribution in [0.5, 0.6) is 0 Å². The zero-order valence-corrected chi connectivity index (χ0v) is 40.1. The summed E-state index contributed by atoms with van der Waals surface area (Å²) in [7, 11) is 39.8. The smallest absolute Gasteiger partial charge is 0.143 e. The fourth-order valence-electron chi connectivity index (χ4n) is 12.1. The van der Waals surface area contributed by atoms with Gasteiger partial charge in [-0.05, 0) is 76.8 Å². The van der Waals surface area contributed by atoms with Crippen molar-refractivity contribution in [1.29, 1.82) is 0 Å². The number of hydrogen-bond donors (Lipinski definition) is 0. The lowest BCUT2D eigenvalue weighted by Crippen LogP contribution is -2.50. The first-order valence-electron chi connectivity index (χ1n) is 22.6. The zero-order valence-electron chi connectivity index (χ0n) is 40.1. The van der Waals surface area contributed by atoms with Gasteiger partial charge in [-0.3, -0.25) is 0 Å². The summed E-state index contributed by atoms with van der Waals surface area (Å²) in [5.74, 6) is 0. The molecule has 62 heavy (non-hydrogen) atoms. The van der Waals surface area contributed by atoms with Crippen LogP contribution in [0, 0.1) is 0 Å². The Bertz CT molecular complexity index is 3700. The van der Waals surface area contributed by atoms with Gasteiger partial charge in [0, 0.05) is 16.2 Å². The molecule has 0 aliphatic carbocycles. The summed E-state index contributed by atoms with van der Waals surface area (Å²) in [6.07, 6.45) is 0. The Morgan fingerprint density at radius 2 is 0.629 bits per heavy atom. The van der Waals surface area contributed by atoms with Gasteiger partial charge in [0.05, 0.1) is 0 Å². The quantitative estimate of drug-likeness (QED) is 0.0969. The fourth-order valence-corrected chi connectivity index (χ4v) is 12.1. The van der Waals surface area contributed by atoms with Crippen LogP contribution in [0.2, 0.25) is 0 Å². The third kappa shape index (κ3) is 5.16. The molecule has 10 aromatic rings. The van der Waals surface area contributed by atoms with E-state index in [1.165, 1.54) is 180 Å². The normalized spacial score (nSPS) is 12.0. The molecule has 0 unspecified atom stereocenters. The summed E-state index contributed by atoms with van der Waals surface area (Å²) in [6.45, 7) is 0. The molecule has 1 aromatic heterocycles. The summed E-state index contributed by atoms with van der Waals surface area (Å²) in [4.78, 5) is 0. The number of furan rings is 1. The standard InChI is InChI=1S/C44H43B17O/c45-26-21(33(52)42(61)44-24(26)25-34(53)31(50)22-23(43(25)62-44)35(54)41(60)40(59)32(22)51)16-19-17(27(46)36(55)38(57)29(19)48)15(18-20(16)30(49)39(58)37(56)28(18)47)14-9-10-5-1-2-6-11(10)12-7-3-4-8-13(12)14/h1-9H,45-61H2. The molecular formula is C44H43B17O. The molecule has 9 aromatic carbocycles. The first kappa shape index (κ1) is 41.2. The van der Waals surface area contributed by atoms with Gasteiger partial charge in [-0.2, -0.15) is 0 Å². The SMILES string of the molecule is Bc1c(-c2c3c(B)c(B)c(B)c(B)c3c(-c3cc4ccccc4c4ccccc34)c3c(B)c(B)c(B)c(B)c23)c(B)c2c(oc3c4c(B)c(B)c(B)c(B)c4c(B)c(B)c32)c1B. The maximum Gasteiger partial charge on any atom is 0.143 e. The van der Waals surface area contributed by atoms with E-state index < -0.39 is 0 Å². The van der Waals surface area contributed by atoms with E-state index in [0.29, 0.717) is 0 Å². The van der Waals surface area contributed by atoms with Gasteiger partial charge >= 0.3 is 0 Å². The van der Waals surface area contributed by atoms with Gasteiger partial charge in [0.2, 0.25) is 0 Å². The molecule has 0 fully saturated rings. The molecular weight excluding hydrogens is 728 g/mol. The van der Waals surface area contributed by atoms with E-state index in [0.717, 1.165) is 11.2 Å². The molecule has 0 spiro atoms. The predicted molar refractivity (Wildman–Crippen MR) is 331 cm³/mol. The highest BCUT2D eigenvalue weighted by Gasteiger charge is 2.30. The minimum Gasteiger partial charge on any atom is -0.456 e. The van der Waals surface area contributed by atoms with Crippen molar-refractivity contribution in [3.8, 4) is 22.3 Å². The maximum atomic E-state index is 7.30. The largest absolute Gasteiger partial charge is 0.456 e. The van der Waals surface area contributed by atoms with Crippen LogP contribution in [0.1, 0.15) is 0 Å². The van der Waals surface area contributed by atoms with Crippen molar-refractivity contribution in [3.05, 3.63) is 54.6 Å². The van der Waals surface area contributed by atoms with E-state index in [1.54, 1.807) is 0 Å². The number of hydrogen-bond acceptors (Lipinski definition) is 1. The van der Waals surface area contributed by atoms with Crippen LogP contribution in [-0.2, 0) is 0 Å². The van der Waals surface area contributed by atoms with Crippen LogP contribution in [0.15, 0.2) is 59.0 Å². The number of fused-ring (bicyclic) bond motifs is 10. The molecule has 0 saturated heterocycles. The van der Waals surface area contributed by atoms with Crippen LogP contribution < -0.4 is 92.9 Å². The highest BCUT2D eigenvalue weighted by Crippen LogP contribution is 2.44. The third-order valence-electron chi connectivity index (χ3n) is 16.8. The second-order valence-electron chi connectivity index (χ2n) is 19.2. The van der Waals surface area contributed by atoms with Gasteiger partial charge < -0.3 is 4.42 Å². The van der Waals surface area contributed by atoms with Gasteiger partial charge in [-0.25, -0.2) is 0 Å². The Morgan fingerprint density at radius 3 is 1.16 bits per heavy atom. The molecule has 0 aliphatic heterocycles. The Kier molecular flexibility index (Phi) is 9.37. The number of rotatable bonds is 2. The van der Waals surface area contributed by atoms with Gasteiger partial charge in [-0.15, -0.1) is 32.8 Å². The highest BCUT2D eigenvalue weighted by atomic mass is 16.3. The molecule has 10 rings (SSSR count). The lowest BCUT2D eigenvalue weighted by Gasteiger charge is -2.30. The predicted octanol–water partition coefficient (Wildman–Crippen LogP) is -16.9. The number of benzene rings is 9. The Labute approximate surface area is 381 Å². The minimum atomic E-state index is 1.02. The summed E-state index contributed by atoms with van der Waals surface area (Å²) >= 11 is 0. The molecule has 276 valence electrons. The molecule has 1 heterocycles. The van der Waals surface area contributed by atoms with Crippen LogP contribution in [0.3, 0.4) is 0 Å². The summed E-state index contributed by atoms with van der Waals surface area (Å²) in [6, 6.07) is 20.5. The second-order valence-corrected chi connectivity index (χ2v) is 19.2. The van der Waals surface area contributed by atoms with Crippen LogP contribution in [0.25, 0.3) is 98.1 Å². The fraction of sp³-hybridized carbons (Fsp3) is 0. The van der Waals surface area contributed by atoms with Gasteiger partial charge in [-0.1, -0.05) is 109 Å².